The maximum Gasteiger partial charge on any atom is 0.357 e. The molecule has 1 N–H and O–H groups in total. The summed E-state index contributed by atoms with van der Waals surface area (Å²) >= 11 is 11.6. The highest BCUT2D eigenvalue weighted by Gasteiger charge is 2.19. The Hall–Kier alpha value is -1.72. The minimum atomic E-state index is -1.47. The van der Waals surface area contributed by atoms with Gasteiger partial charge in [-0.1, -0.05) is 23.2 Å². The zero-order valence-electron chi connectivity index (χ0n) is 8.69. The van der Waals surface area contributed by atoms with E-state index in [0.29, 0.717) is 5.02 Å². The lowest BCUT2D eigenvalue weighted by molar-refractivity contribution is 0.0684. The quantitative estimate of drug-likeness (QED) is 0.920. The molecular weight excluding hydrogens is 282 g/mol. The summed E-state index contributed by atoms with van der Waals surface area (Å²) in [5.41, 5.74) is -0.626. The molecule has 0 spiro atoms. The van der Waals surface area contributed by atoms with Crippen LogP contribution in [0.1, 0.15) is 10.5 Å². The average molecular weight is 287 g/mol. The molecule has 0 aliphatic rings. The van der Waals surface area contributed by atoms with Crippen LogP contribution in [0.2, 0.25) is 10.0 Å². The van der Waals surface area contributed by atoms with Gasteiger partial charge < -0.3 is 5.11 Å². The number of hydrogen-bond donors (Lipinski definition) is 1. The first kappa shape index (κ1) is 12.7. The van der Waals surface area contributed by atoms with E-state index in [1.165, 1.54) is 18.2 Å². The van der Waals surface area contributed by atoms with Crippen LogP contribution in [0.5, 0.6) is 0 Å². The smallest absolute Gasteiger partial charge is 0.357 e. The molecule has 2 rings (SSSR count). The predicted octanol–water partition coefficient (Wildman–Crippen LogP) is 3.29. The second-order valence-corrected chi connectivity index (χ2v) is 4.16. The van der Waals surface area contributed by atoms with Crippen LogP contribution in [0.3, 0.4) is 0 Å². The van der Waals surface area contributed by atoms with E-state index >= 15 is 0 Å². The Morgan fingerprint density at radius 3 is 2.61 bits per heavy atom. The van der Waals surface area contributed by atoms with Gasteiger partial charge in [0.05, 0.1) is 5.02 Å². The van der Waals surface area contributed by atoms with Crippen molar-refractivity contribution >= 4 is 29.2 Å². The van der Waals surface area contributed by atoms with Crippen molar-refractivity contribution in [3.63, 3.8) is 0 Å². The Kier molecular flexibility index (Phi) is 3.45. The van der Waals surface area contributed by atoms with Crippen molar-refractivity contribution in [2.24, 2.45) is 0 Å². The van der Waals surface area contributed by atoms with Gasteiger partial charge in [0.15, 0.2) is 11.5 Å². The summed E-state index contributed by atoms with van der Waals surface area (Å²) in [4.78, 5) is 17.8. The molecule has 0 atom stereocenters. The van der Waals surface area contributed by atoms with Crippen molar-refractivity contribution in [1.29, 1.82) is 0 Å². The van der Waals surface area contributed by atoms with Crippen molar-refractivity contribution in [2.45, 2.75) is 0 Å². The minimum absolute atomic E-state index is 0.177. The van der Waals surface area contributed by atoms with Crippen LogP contribution in [0.25, 0.3) is 11.3 Å². The van der Waals surface area contributed by atoms with Crippen LogP contribution < -0.4 is 0 Å². The maximum atomic E-state index is 13.9. The number of halogens is 3. The van der Waals surface area contributed by atoms with Crippen LogP contribution in [0.4, 0.5) is 4.39 Å². The number of benzene rings is 1. The summed E-state index contributed by atoms with van der Waals surface area (Å²) < 4.78 is 13.9. The normalized spacial score (nSPS) is 10.4. The number of carboxylic acid groups (broad SMARTS) is 1. The van der Waals surface area contributed by atoms with E-state index in [-0.39, 0.29) is 16.3 Å². The summed E-state index contributed by atoms with van der Waals surface area (Å²) in [7, 11) is 0. The van der Waals surface area contributed by atoms with E-state index in [1.807, 2.05) is 0 Å². The third-order valence-corrected chi connectivity index (χ3v) is 2.73. The van der Waals surface area contributed by atoms with Gasteiger partial charge >= 0.3 is 5.97 Å². The van der Waals surface area contributed by atoms with Gasteiger partial charge in [-0.3, -0.25) is 0 Å². The lowest BCUT2D eigenvalue weighted by Gasteiger charge is -2.06. The fraction of sp³-hybridized carbons (Fsp3) is 0. The fourth-order valence-corrected chi connectivity index (χ4v) is 1.89. The van der Waals surface area contributed by atoms with E-state index < -0.39 is 17.5 Å². The van der Waals surface area contributed by atoms with Gasteiger partial charge in [0.25, 0.3) is 0 Å². The molecule has 4 nitrogen and oxygen atoms in total. The fourth-order valence-electron chi connectivity index (χ4n) is 1.39. The number of hydrogen-bond acceptors (Lipinski definition) is 3. The SMILES string of the molecule is O=C(O)c1ncnc(-c2ccc(Cl)cc2Cl)c1F. The summed E-state index contributed by atoms with van der Waals surface area (Å²) in [6, 6.07) is 4.38. The van der Waals surface area contributed by atoms with Gasteiger partial charge in [-0.15, -0.1) is 0 Å². The van der Waals surface area contributed by atoms with Gasteiger partial charge in [-0.05, 0) is 18.2 Å². The van der Waals surface area contributed by atoms with Crippen LogP contribution in [-0.4, -0.2) is 21.0 Å². The molecule has 0 unspecified atom stereocenters. The molecule has 0 aliphatic carbocycles. The number of aromatic nitrogens is 2. The minimum Gasteiger partial charge on any atom is -0.476 e. The molecule has 0 saturated carbocycles. The molecule has 7 heteroatoms. The van der Waals surface area contributed by atoms with E-state index in [0.717, 1.165) is 6.33 Å². The van der Waals surface area contributed by atoms with Gasteiger partial charge in [0.2, 0.25) is 0 Å². The molecule has 0 bridgehead atoms. The number of nitrogens with zero attached hydrogens (tertiary/aromatic N) is 2. The third kappa shape index (κ3) is 2.27. The highest BCUT2D eigenvalue weighted by molar-refractivity contribution is 6.36. The molecule has 1 heterocycles. The predicted molar refractivity (Wildman–Crippen MR) is 64.4 cm³/mol. The lowest BCUT2D eigenvalue weighted by Crippen LogP contribution is -2.06. The number of carbonyl (C=O) groups is 1. The lowest BCUT2D eigenvalue weighted by atomic mass is 10.1. The van der Waals surface area contributed by atoms with E-state index in [1.54, 1.807) is 0 Å². The van der Waals surface area contributed by atoms with Gasteiger partial charge in [-0.25, -0.2) is 19.2 Å². The zero-order valence-corrected chi connectivity index (χ0v) is 10.2. The number of aromatic carboxylic acids is 1. The Labute approximate surface area is 111 Å². The molecule has 0 radical (unpaired) electrons. The topological polar surface area (TPSA) is 63.1 Å². The number of rotatable bonds is 2. The molecule has 2 aromatic rings. The Balaban J connectivity index is 2.64. The molecule has 0 aliphatic heterocycles. The van der Waals surface area contributed by atoms with Gasteiger partial charge in [0.1, 0.15) is 12.0 Å². The second kappa shape index (κ2) is 4.88. The van der Waals surface area contributed by atoms with E-state index in [4.69, 9.17) is 28.3 Å². The number of carboxylic acids is 1. The molecule has 18 heavy (non-hydrogen) atoms. The highest BCUT2D eigenvalue weighted by Crippen LogP contribution is 2.30. The Morgan fingerprint density at radius 1 is 1.28 bits per heavy atom. The largest absolute Gasteiger partial charge is 0.476 e. The maximum absolute atomic E-state index is 13.9. The molecule has 0 fully saturated rings. The molecular formula is C11H5Cl2FN2O2. The van der Waals surface area contributed by atoms with Crippen LogP contribution in [0, 0.1) is 5.82 Å². The molecule has 1 aromatic heterocycles. The van der Waals surface area contributed by atoms with Crippen LogP contribution in [-0.2, 0) is 0 Å². The highest BCUT2D eigenvalue weighted by atomic mass is 35.5. The molecule has 0 saturated heterocycles. The molecule has 1 aromatic carbocycles. The van der Waals surface area contributed by atoms with E-state index in [2.05, 4.69) is 9.97 Å². The zero-order chi connectivity index (χ0) is 13.3. The average Bonchev–Trinajstić information content (AvgIpc) is 2.30. The summed E-state index contributed by atoms with van der Waals surface area (Å²) in [5.74, 6) is -2.50. The molecule has 92 valence electrons. The first-order valence-corrected chi connectivity index (χ1v) is 5.45. The summed E-state index contributed by atoms with van der Waals surface area (Å²) in [6.45, 7) is 0. The first-order valence-electron chi connectivity index (χ1n) is 4.70. The summed E-state index contributed by atoms with van der Waals surface area (Å²) in [6.07, 6.45) is 0.965. The van der Waals surface area contributed by atoms with Crippen LogP contribution >= 0.6 is 23.2 Å². The summed E-state index contributed by atoms with van der Waals surface area (Å²) in [5, 5.41) is 9.33. The van der Waals surface area contributed by atoms with Crippen molar-refractivity contribution in [2.75, 3.05) is 0 Å². The second-order valence-electron chi connectivity index (χ2n) is 3.31. The van der Waals surface area contributed by atoms with Crippen molar-refractivity contribution in [1.82, 2.24) is 9.97 Å². The van der Waals surface area contributed by atoms with Gasteiger partial charge in [-0.2, -0.15) is 0 Å². The van der Waals surface area contributed by atoms with Crippen molar-refractivity contribution in [3.8, 4) is 11.3 Å². The van der Waals surface area contributed by atoms with E-state index in [9.17, 15) is 9.18 Å². The molecule has 0 amide bonds. The van der Waals surface area contributed by atoms with Crippen molar-refractivity contribution < 1.29 is 14.3 Å². The van der Waals surface area contributed by atoms with Gasteiger partial charge in [0, 0.05) is 10.6 Å². The third-order valence-electron chi connectivity index (χ3n) is 2.18. The Bertz CT molecular complexity index is 634. The standard InChI is InChI=1S/C11H5Cl2FN2O2/c12-5-1-2-6(7(13)3-5)9-8(14)10(11(17)18)16-4-15-9/h1-4H,(H,17,18). The van der Waals surface area contributed by atoms with Crippen molar-refractivity contribution in [3.05, 3.63) is 46.1 Å². The Morgan fingerprint density at radius 2 is 2.00 bits per heavy atom. The first-order chi connectivity index (χ1) is 8.50. The van der Waals surface area contributed by atoms with Crippen LogP contribution in [0.15, 0.2) is 24.5 Å². The monoisotopic (exact) mass is 286 g/mol.